The predicted octanol–water partition coefficient (Wildman–Crippen LogP) is 3.52. The van der Waals surface area contributed by atoms with Crippen molar-refractivity contribution in [3.8, 4) is 0 Å². The molecule has 0 spiro atoms. The van der Waals surface area contributed by atoms with Crippen molar-refractivity contribution in [1.82, 2.24) is 4.98 Å². The molecule has 5 heteroatoms. The van der Waals surface area contributed by atoms with Gasteiger partial charge in [-0.2, -0.15) is 0 Å². The molecule has 1 aromatic rings. The van der Waals surface area contributed by atoms with Crippen LogP contribution in [0.3, 0.4) is 0 Å². The highest BCUT2D eigenvalue weighted by atomic mass is 79.9. The van der Waals surface area contributed by atoms with Crippen LogP contribution in [0, 0.1) is 0 Å². The predicted molar refractivity (Wildman–Crippen MR) is 46.5 cm³/mol. The number of alkyl halides is 3. The third-order valence-electron chi connectivity index (χ3n) is 1.35. The lowest BCUT2D eigenvalue weighted by Crippen LogP contribution is -1.93. The molecule has 1 aromatic heterocycles. The Kier molecular flexibility index (Phi) is 3.40. The summed E-state index contributed by atoms with van der Waals surface area (Å²) in [5.74, 6) is 0.126. The van der Waals surface area contributed by atoms with Gasteiger partial charge >= 0.3 is 0 Å². The molecule has 1 rings (SSSR count). The first-order valence-corrected chi connectivity index (χ1v) is 4.47. The highest BCUT2D eigenvalue weighted by Crippen LogP contribution is 2.29. The second-order valence-corrected chi connectivity index (χ2v) is 3.16. The maximum Gasteiger partial charge on any atom is 0.265 e. The van der Waals surface area contributed by atoms with Crippen molar-refractivity contribution in [3.63, 3.8) is 0 Å². The SMILES string of the molecule is FC(F)c1ccnc(CCl)c1Br. The van der Waals surface area contributed by atoms with Gasteiger partial charge in [-0.05, 0) is 22.0 Å². The number of nitrogens with zero attached hydrogens (tertiary/aromatic N) is 1. The Hall–Kier alpha value is -0.220. The molecule has 12 heavy (non-hydrogen) atoms. The average Bonchev–Trinajstić information content (AvgIpc) is 2.04. The Balaban J connectivity index is 3.14. The number of rotatable bonds is 2. The molecule has 66 valence electrons. The number of pyridine rings is 1. The fourth-order valence-corrected chi connectivity index (χ4v) is 1.68. The summed E-state index contributed by atoms with van der Waals surface area (Å²) in [4.78, 5) is 3.83. The van der Waals surface area contributed by atoms with Crippen molar-refractivity contribution < 1.29 is 8.78 Å². The number of hydrogen-bond donors (Lipinski definition) is 0. The maximum absolute atomic E-state index is 12.2. The first kappa shape index (κ1) is 9.86. The van der Waals surface area contributed by atoms with Crippen LogP contribution in [0.15, 0.2) is 16.7 Å². The first-order chi connectivity index (χ1) is 5.66. The topological polar surface area (TPSA) is 12.9 Å². The van der Waals surface area contributed by atoms with Crippen LogP contribution in [-0.2, 0) is 5.88 Å². The molecule has 0 fully saturated rings. The van der Waals surface area contributed by atoms with E-state index in [1.165, 1.54) is 12.3 Å². The van der Waals surface area contributed by atoms with Crippen molar-refractivity contribution in [2.24, 2.45) is 0 Å². The summed E-state index contributed by atoms with van der Waals surface area (Å²) in [5, 5.41) is 0. The van der Waals surface area contributed by atoms with Crippen LogP contribution < -0.4 is 0 Å². The lowest BCUT2D eigenvalue weighted by Gasteiger charge is -2.04. The molecule has 0 N–H and O–H groups in total. The summed E-state index contributed by atoms with van der Waals surface area (Å²) < 4.78 is 24.8. The van der Waals surface area contributed by atoms with E-state index in [0.717, 1.165) is 0 Å². The highest BCUT2D eigenvalue weighted by Gasteiger charge is 2.13. The summed E-state index contributed by atoms with van der Waals surface area (Å²) in [6.07, 6.45) is -1.17. The normalized spacial score (nSPS) is 10.8. The average molecular weight is 256 g/mol. The minimum atomic E-state index is -2.50. The molecule has 0 aliphatic carbocycles. The van der Waals surface area contributed by atoms with Gasteiger partial charge in [0.2, 0.25) is 0 Å². The Morgan fingerprint density at radius 3 is 2.75 bits per heavy atom. The highest BCUT2D eigenvalue weighted by molar-refractivity contribution is 9.10. The smallest absolute Gasteiger partial charge is 0.259 e. The zero-order valence-corrected chi connectivity index (χ0v) is 8.24. The minimum absolute atomic E-state index is 0.0688. The molecule has 0 aliphatic rings. The van der Waals surface area contributed by atoms with E-state index in [2.05, 4.69) is 20.9 Å². The zero-order valence-electron chi connectivity index (χ0n) is 5.90. The second-order valence-electron chi connectivity index (χ2n) is 2.10. The number of halogens is 4. The largest absolute Gasteiger partial charge is 0.265 e. The van der Waals surface area contributed by atoms with Gasteiger partial charge in [0, 0.05) is 16.2 Å². The van der Waals surface area contributed by atoms with Crippen molar-refractivity contribution in [1.29, 1.82) is 0 Å². The third-order valence-corrected chi connectivity index (χ3v) is 2.52. The van der Waals surface area contributed by atoms with E-state index in [1.54, 1.807) is 0 Å². The molecule has 1 heterocycles. The summed E-state index contributed by atoms with van der Waals surface area (Å²) in [6.45, 7) is 0. The molecule has 0 radical (unpaired) electrons. The standard InChI is InChI=1S/C7H5BrClF2N/c8-6-4(7(10)11)1-2-12-5(6)3-9/h1-2,7H,3H2. The van der Waals surface area contributed by atoms with Crippen molar-refractivity contribution >= 4 is 27.5 Å². The van der Waals surface area contributed by atoms with Gasteiger partial charge in [-0.3, -0.25) is 4.98 Å². The summed E-state index contributed by atoms with van der Waals surface area (Å²) in [6, 6.07) is 1.27. The fraction of sp³-hybridized carbons (Fsp3) is 0.286. The fourth-order valence-electron chi connectivity index (χ4n) is 0.766. The van der Waals surface area contributed by atoms with Crippen molar-refractivity contribution in [3.05, 3.63) is 28.0 Å². The van der Waals surface area contributed by atoms with E-state index >= 15 is 0 Å². The van der Waals surface area contributed by atoms with Crippen LogP contribution in [0.4, 0.5) is 8.78 Å². The first-order valence-electron chi connectivity index (χ1n) is 3.14. The molecule has 1 nitrogen and oxygen atoms in total. The van der Waals surface area contributed by atoms with Gasteiger partial charge in [-0.25, -0.2) is 8.78 Å². The molecule has 0 aromatic carbocycles. The molecule has 0 aliphatic heterocycles. The van der Waals surface area contributed by atoms with E-state index in [-0.39, 0.29) is 11.4 Å². The third kappa shape index (κ3) is 1.93. The molecule has 0 unspecified atom stereocenters. The van der Waals surface area contributed by atoms with Crippen LogP contribution in [0.5, 0.6) is 0 Å². The van der Waals surface area contributed by atoms with Gasteiger partial charge in [0.1, 0.15) is 0 Å². The molecular formula is C7H5BrClF2N. The molecule has 0 saturated heterocycles. The zero-order chi connectivity index (χ0) is 9.14. The monoisotopic (exact) mass is 255 g/mol. The van der Waals surface area contributed by atoms with Gasteiger partial charge in [0.25, 0.3) is 6.43 Å². The lowest BCUT2D eigenvalue weighted by molar-refractivity contribution is 0.150. The van der Waals surface area contributed by atoms with E-state index in [4.69, 9.17) is 11.6 Å². The van der Waals surface area contributed by atoms with E-state index in [9.17, 15) is 8.78 Å². The van der Waals surface area contributed by atoms with Crippen molar-refractivity contribution in [2.45, 2.75) is 12.3 Å². The quantitative estimate of drug-likeness (QED) is 0.738. The molecule has 0 saturated carbocycles. The Morgan fingerprint density at radius 1 is 1.58 bits per heavy atom. The van der Waals surface area contributed by atoms with Gasteiger partial charge in [-0.1, -0.05) is 0 Å². The molecular weight excluding hydrogens is 251 g/mol. The second kappa shape index (κ2) is 4.14. The van der Waals surface area contributed by atoms with Crippen molar-refractivity contribution in [2.75, 3.05) is 0 Å². The van der Waals surface area contributed by atoms with Gasteiger partial charge in [0.05, 0.1) is 11.6 Å². The Labute approximate surface area is 81.9 Å². The maximum atomic E-state index is 12.2. The lowest BCUT2D eigenvalue weighted by atomic mass is 10.2. The minimum Gasteiger partial charge on any atom is -0.259 e. The van der Waals surface area contributed by atoms with Gasteiger partial charge in [0.15, 0.2) is 0 Å². The molecule has 0 bridgehead atoms. The van der Waals surface area contributed by atoms with Crippen LogP contribution in [0.2, 0.25) is 0 Å². The number of aromatic nitrogens is 1. The van der Waals surface area contributed by atoms with Crippen LogP contribution >= 0.6 is 27.5 Å². The van der Waals surface area contributed by atoms with Gasteiger partial charge < -0.3 is 0 Å². The number of hydrogen-bond acceptors (Lipinski definition) is 1. The molecule has 0 atom stereocenters. The van der Waals surface area contributed by atoms with E-state index in [0.29, 0.717) is 10.2 Å². The summed E-state index contributed by atoms with van der Waals surface area (Å²) >= 11 is 8.49. The Bertz CT molecular complexity index is 280. The van der Waals surface area contributed by atoms with Crippen LogP contribution in [0.1, 0.15) is 17.7 Å². The van der Waals surface area contributed by atoms with Gasteiger partial charge in [-0.15, -0.1) is 11.6 Å². The van der Waals surface area contributed by atoms with Crippen LogP contribution in [-0.4, -0.2) is 4.98 Å². The van der Waals surface area contributed by atoms with E-state index < -0.39 is 6.43 Å². The summed E-state index contributed by atoms with van der Waals surface area (Å²) in [7, 11) is 0. The van der Waals surface area contributed by atoms with Crippen LogP contribution in [0.25, 0.3) is 0 Å². The summed E-state index contributed by atoms with van der Waals surface area (Å²) in [5.41, 5.74) is 0.370. The molecule has 0 amide bonds. The Morgan fingerprint density at radius 2 is 2.25 bits per heavy atom. The van der Waals surface area contributed by atoms with E-state index in [1.807, 2.05) is 0 Å².